The van der Waals surface area contributed by atoms with Crippen LogP contribution in [0.4, 0.5) is 0 Å². The van der Waals surface area contributed by atoms with Gasteiger partial charge >= 0.3 is 0 Å². The topological polar surface area (TPSA) is 17.3 Å². The van der Waals surface area contributed by atoms with Crippen LogP contribution >= 0.6 is 0 Å². The van der Waals surface area contributed by atoms with Crippen LogP contribution in [0.25, 0.3) is 92.9 Å². The average Bonchev–Trinajstić information content (AvgIpc) is 3.47. The molecule has 0 saturated carbocycles. The van der Waals surface area contributed by atoms with E-state index in [1.165, 1.54) is 76.2 Å². The predicted octanol–water partition coefficient (Wildman–Crippen LogP) is 11.0. The first-order valence-electron chi connectivity index (χ1n) is 14.8. The van der Waals surface area contributed by atoms with Gasteiger partial charge in [0.1, 0.15) is 5.65 Å². The molecule has 8 aromatic carbocycles. The van der Waals surface area contributed by atoms with Gasteiger partial charge in [-0.25, -0.2) is 4.98 Å². The van der Waals surface area contributed by atoms with Crippen molar-refractivity contribution in [3.05, 3.63) is 146 Å². The monoisotopic (exact) mass is 544 g/mol. The van der Waals surface area contributed by atoms with Crippen molar-refractivity contribution in [1.29, 1.82) is 0 Å². The summed E-state index contributed by atoms with van der Waals surface area (Å²) >= 11 is 0. The highest BCUT2D eigenvalue weighted by atomic mass is 15.0. The van der Waals surface area contributed by atoms with Crippen molar-refractivity contribution < 1.29 is 0 Å². The molecule has 2 nitrogen and oxygen atoms in total. The van der Waals surface area contributed by atoms with E-state index in [2.05, 4.69) is 150 Å². The molecule has 0 N–H and O–H groups in total. The molecular formula is C41H24N2. The van der Waals surface area contributed by atoms with Gasteiger partial charge in [0.15, 0.2) is 0 Å². The van der Waals surface area contributed by atoms with Gasteiger partial charge in [-0.2, -0.15) is 0 Å². The molecule has 0 fully saturated rings. The standard InChI is InChI=1S/C41H24N2/c1-2-9-34-32(8-1)35-24-30(20-23-37(35)43-38-11-4-3-10-36(38)42-41(34)43)25-12-14-26(15-13-25)31-21-18-29-17-16-27-6-5-7-28-19-22-33(31)40(29)39(27)28/h1-24H. The van der Waals surface area contributed by atoms with Crippen molar-refractivity contribution in [3.8, 4) is 22.3 Å². The molecule has 0 atom stereocenters. The fourth-order valence-corrected chi connectivity index (χ4v) is 7.32. The van der Waals surface area contributed by atoms with E-state index in [1.54, 1.807) is 0 Å². The van der Waals surface area contributed by atoms with E-state index in [9.17, 15) is 0 Å². The number of benzene rings is 8. The molecule has 0 bridgehead atoms. The molecule has 198 valence electrons. The van der Waals surface area contributed by atoms with E-state index in [4.69, 9.17) is 4.98 Å². The zero-order chi connectivity index (χ0) is 28.1. The van der Waals surface area contributed by atoms with Crippen LogP contribution in [0.1, 0.15) is 0 Å². The normalized spacial score (nSPS) is 12.2. The highest BCUT2D eigenvalue weighted by Gasteiger charge is 2.15. The van der Waals surface area contributed by atoms with Crippen LogP contribution in [0.15, 0.2) is 146 Å². The van der Waals surface area contributed by atoms with Gasteiger partial charge in [-0.3, -0.25) is 4.40 Å². The summed E-state index contributed by atoms with van der Waals surface area (Å²) in [6.07, 6.45) is 0. The molecule has 0 saturated heterocycles. The summed E-state index contributed by atoms with van der Waals surface area (Å²) in [5, 5.41) is 11.6. The van der Waals surface area contributed by atoms with E-state index in [-0.39, 0.29) is 0 Å². The van der Waals surface area contributed by atoms with E-state index >= 15 is 0 Å². The Kier molecular flexibility index (Phi) is 4.48. The number of nitrogens with zero attached hydrogens (tertiary/aromatic N) is 2. The second-order valence-corrected chi connectivity index (χ2v) is 11.6. The summed E-state index contributed by atoms with van der Waals surface area (Å²) in [5.41, 5.74) is 9.28. The molecule has 2 heteroatoms. The number of imidazole rings is 1. The minimum Gasteiger partial charge on any atom is -0.292 e. The Morgan fingerprint density at radius 1 is 0.395 bits per heavy atom. The highest BCUT2D eigenvalue weighted by molar-refractivity contribution is 6.25. The van der Waals surface area contributed by atoms with E-state index in [0.717, 1.165) is 16.7 Å². The largest absolute Gasteiger partial charge is 0.292 e. The van der Waals surface area contributed by atoms with Gasteiger partial charge in [-0.1, -0.05) is 121 Å². The van der Waals surface area contributed by atoms with Crippen molar-refractivity contribution in [1.82, 2.24) is 9.38 Å². The number of aromatic nitrogens is 2. The van der Waals surface area contributed by atoms with Crippen molar-refractivity contribution in [2.24, 2.45) is 0 Å². The molecule has 10 rings (SSSR count). The molecule has 0 aliphatic rings. The number of para-hydroxylation sites is 2. The summed E-state index contributed by atoms with van der Waals surface area (Å²) in [6.45, 7) is 0. The lowest BCUT2D eigenvalue weighted by atomic mass is 9.89. The van der Waals surface area contributed by atoms with Crippen LogP contribution in [0, 0.1) is 0 Å². The fraction of sp³-hybridized carbons (Fsp3) is 0. The molecule has 2 aromatic heterocycles. The molecule has 10 aromatic rings. The fourth-order valence-electron chi connectivity index (χ4n) is 7.32. The van der Waals surface area contributed by atoms with Gasteiger partial charge in [0, 0.05) is 10.8 Å². The van der Waals surface area contributed by atoms with E-state index < -0.39 is 0 Å². The van der Waals surface area contributed by atoms with E-state index in [1.807, 2.05) is 0 Å². The first kappa shape index (κ1) is 22.9. The minimum atomic E-state index is 1.01. The van der Waals surface area contributed by atoms with Gasteiger partial charge in [0.05, 0.1) is 16.6 Å². The lowest BCUT2D eigenvalue weighted by Gasteiger charge is -2.14. The Morgan fingerprint density at radius 2 is 1.07 bits per heavy atom. The van der Waals surface area contributed by atoms with Gasteiger partial charge < -0.3 is 0 Å². The molecule has 0 aliphatic carbocycles. The molecule has 43 heavy (non-hydrogen) atoms. The van der Waals surface area contributed by atoms with Gasteiger partial charge in [0.25, 0.3) is 0 Å². The van der Waals surface area contributed by atoms with Crippen LogP contribution in [0.2, 0.25) is 0 Å². The Balaban J connectivity index is 1.15. The Bertz CT molecular complexity index is 2700. The van der Waals surface area contributed by atoms with Gasteiger partial charge in [-0.15, -0.1) is 0 Å². The Labute approximate surface area is 247 Å². The molecule has 0 spiro atoms. The van der Waals surface area contributed by atoms with Crippen molar-refractivity contribution >= 4 is 70.7 Å². The summed E-state index contributed by atoms with van der Waals surface area (Å²) in [7, 11) is 0. The van der Waals surface area contributed by atoms with Gasteiger partial charge in [0.2, 0.25) is 0 Å². The first-order chi connectivity index (χ1) is 21.3. The quantitative estimate of drug-likeness (QED) is 0.198. The third-order valence-electron chi connectivity index (χ3n) is 9.31. The summed E-state index contributed by atoms with van der Waals surface area (Å²) in [6, 6.07) is 53.2. The lowest BCUT2D eigenvalue weighted by molar-refractivity contribution is 1.31. The van der Waals surface area contributed by atoms with E-state index in [0.29, 0.717) is 0 Å². The van der Waals surface area contributed by atoms with Gasteiger partial charge in [-0.05, 0) is 84.2 Å². The molecular weight excluding hydrogens is 520 g/mol. The van der Waals surface area contributed by atoms with Crippen LogP contribution in [-0.4, -0.2) is 9.38 Å². The minimum absolute atomic E-state index is 1.01. The molecule has 2 heterocycles. The second kappa shape index (κ2) is 8.40. The third kappa shape index (κ3) is 3.15. The molecule has 0 aliphatic heterocycles. The van der Waals surface area contributed by atoms with Crippen molar-refractivity contribution in [3.63, 3.8) is 0 Å². The van der Waals surface area contributed by atoms with Crippen LogP contribution in [0.3, 0.4) is 0 Å². The summed E-state index contributed by atoms with van der Waals surface area (Å²) in [5.74, 6) is 0. The Morgan fingerprint density at radius 3 is 1.93 bits per heavy atom. The molecule has 0 amide bonds. The number of pyridine rings is 1. The second-order valence-electron chi connectivity index (χ2n) is 11.6. The molecule has 0 radical (unpaired) electrons. The van der Waals surface area contributed by atoms with Crippen molar-refractivity contribution in [2.45, 2.75) is 0 Å². The lowest BCUT2D eigenvalue weighted by Crippen LogP contribution is -1.92. The number of hydrogen-bond donors (Lipinski definition) is 0. The van der Waals surface area contributed by atoms with Crippen LogP contribution in [0.5, 0.6) is 0 Å². The Hall–Kier alpha value is -5.73. The molecule has 0 unspecified atom stereocenters. The first-order valence-corrected chi connectivity index (χ1v) is 14.8. The van der Waals surface area contributed by atoms with Crippen LogP contribution < -0.4 is 0 Å². The maximum Gasteiger partial charge on any atom is 0.146 e. The van der Waals surface area contributed by atoms with Crippen molar-refractivity contribution in [2.75, 3.05) is 0 Å². The zero-order valence-electron chi connectivity index (χ0n) is 23.3. The number of fused-ring (bicyclic) bond motifs is 8. The zero-order valence-corrected chi connectivity index (χ0v) is 23.3. The SMILES string of the molecule is c1cc2ccc3ccc(-c4ccc(-c5ccc6c(c5)c5ccccc5c5nc7ccccc7n65)cc4)c4ccc(c1)c2c34. The maximum atomic E-state index is 5.02. The summed E-state index contributed by atoms with van der Waals surface area (Å²) < 4.78 is 2.31. The summed E-state index contributed by atoms with van der Waals surface area (Å²) in [4.78, 5) is 5.02. The smallest absolute Gasteiger partial charge is 0.146 e. The third-order valence-corrected chi connectivity index (χ3v) is 9.31. The number of rotatable bonds is 2. The maximum absolute atomic E-state index is 5.02. The number of hydrogen-bond acceptors (Lipinski definition) is 1. The predicted molar refractivity (Wildman–Crippen MR) is 182 cm³/mol. The average molecular weight is 545 g/mol. The van der Waals surface area contributed by atoms with Crippen LogP contribution in [-0.2, 0) is 0 Å². The highest BCUT2D eigenvalue weighted by Crippen LogP contribution is 2.40.